The maximum atomic E-state index is 13.3. The van der Waals surface area contributed by atoms with E-state index in [1.807, 2.05) is 0 Å². The number of benzene rings is 2. The molecular formula is C14H9Br2FO3. The Balaban J connectivity index is 1.94. The number of rotatable bonds is 4. The second kappa shape index (κ2) is 6.85. The largest absolute Gasteiger partial charge is 0.479 e. The van der Waals surface area contributed by atoms with E-state index >= 15 is 0 Å². The van der Waals surface area contributed by atoms with Crippen molar-refractivity contribution in [3.05, 3.63) is 57.2 Å². The summed E-state index contributed by atoms with van der Waals surface area (Å²) in [4.78, 5) is 11.6. The van der Waals surface area contributed by atoms with E-state index in [9.17, 15) is 9.18 Å². The van der Waals surface area contributed by atoms with Crippen LogP contribution in [0, 0.1) is 5.82 Å². The highest BCUT2D eigenvalue weighted by Crippen LogP contribution is 2.28. The van der Waals surface area contributed by atoms with Crippen LogP contribution in [0.25, 0.3) is 0 Å². The van der Waals surface area contributed by atoms with Crippen molar-refractivity contribution >= 4 is 37.8 Å². The lowest BCUT2D eigenvalue weighted by Gasteiger charge is -2.08. The molecule has 2 rings (SSSR count). The molecule has 0 saturated heterocycles. The Morgan fingerprint density at radius 3 is 2.55 bits per heavy atom. The monoisotopic (exact) mass is 402 g/mol. The second-order valence-corrected chi connectivity index (χ2v) is 5.54. The normalized spacial score (nSPS) is 10.2. The third kappa shape index (κ3) is 4.05. The summed E-state index contributed by atoms with van der Waals surface area (Å²) in [6.45, 7) is -0.372. The van der Waals surface area contributed by atoms with E-state index in [2.05, 4.69) is 31.9 Å². The topological polar surface area (TPSA) is 35.5 Å². The molecule has 0 aromatic heterocycles. The number of halogens is 3. The average molecular weight is 404 g/mol. The predicted octanol–water partition coefficient (Wildman–Crippen LogP) is 4.34. The molecule has 0 fully saturated rings. The first-order valence-corrected chi connectivity index (χ1v) is 7.18. The first kappa shape index (κ1) is 15.0. The summed E-state index contributed by atoms with van der Waals surface area (Å²) in [5.41, 5.74) is 0. The van der Waals surface area contributed by atoms with Crippen molar-refractivity contribution in [2.45, 2.75) is 0 Å². The fourth-order valence-corrected chi connectivity index (χ4v) is 2.54. The first-order valence-electron chi connectivity index (χ1n) is 5.59. The molecule has 0 heterocycles. The molecule has 20 heavy (non-hydrogen) atoms. The van der Waals surface area contributed by atoms with Gasteiger partial charge in [-0.3, -0.25) is 0 Å². The summed E-state index contributed by atoms with van der Waals surface area (Å²) in [5.74, 6) is -0.754. The molecule has 3 nitrogen and oxygen atoms in total. The van der Waals surface area contributed by atoms with E-state index in [4.69, 9.17) is 9.47 Å². The lowest BCUT2D eigenvalue weighted by Crippen LogP contribution is -2.18. The molecule has 0 bridgehead atoms. The fraction of sp³-hybridized carbons (Fsp3) is 0.0714. The minimum Gasteiger partial charge on any atom is -0.479 e. The van der Waals surface area contributed by atoms with Crippen LogP contribution in [0.3, 0.4) is 0 Å². The number of carbonyl (C=O) groups excluding carboxylic acids is 1. The van der Waals surface area contributed by atoms with E-state index in [1.165, 1.54) is 12.1 Å². The summed E-state index contributed by atoms with van der Waals surface area (Å²) < 4.78 is 24.9. The Hall–Kier alpha value is -1.40. The highest BCUT2D eigenvalue weighted by Gasteiger charge is 2.10. The van der Waals surface area contributed by atoms with E-state index < -0.39 is 11.8 Å². The SMILES string of the molecule is O=C(COc1ccccc1F)Oc1ccc(Br)cc1Br. The van der Waals surface area contributed by atoms with Gasteiger partial charge in [0.05, 0.1) is 4.47 Å². The van der Waals surface area contributed by atoms with Gasteiger partial charge in [-0.05, 0) is 46.3 Å². The number of hydrogen-bond donors (Lipinski definition) is 0. The number of para-hydroxylation sites is 1. The van der Waals surface area contributed by atoms with Gasteiger partial charge in [-0.25, -0.2) is 9.18 Å². The van der Waals surface area contributed by atoms with Gasteiger partial charge in [-0.2, -0.15) is 0 Å². The predicted molar refractivity (Wildman–Crippen MR) is 79.4 cm³/mol. The standard InChI is InChI=1S/C14H9Br2FO3/c15-9-5-6-12(10(16)7-9)20-14(18)8-19-13-4-2-1-3-11(13)17/h1-7H,8H2. The molecule has 0 unspecified atom stereocenters. The van der Waals surface area contributed by atoms with E-state index in [0.717, 1.165) is 4.47 Å². The van der Waals surface area contributed by atoms with Gasteiger partial charge in [0.25, 0.3) is 0 Å². The van der Waals surface area contributed by atoms with Gasteiger partial charge in [0.1, 0.15) is 5.75 Å². The molecule has 0 atom stereocenters. The maximum absolute atomic E-state index is 13.3. The Labute approximate surface area is 132 Å². The van der Waals surface area contributed by atoms with Gasteiger partial charge < -0.3 is 9.47 Å². The summed E-state index contributed by atoms with van der Waals surface area (Å²) in [6.07, 6.45) is 0. The molecule has 104 valence electrons. The third-order valence-electron chi connectivity index (χ3n) is 2.30. The zero-order chi connectivity index (χ0) is 14.5. The highest BCUT2D eigenvalue weighted by atomic mass is 79.9. The van der Waals surface area contributed by atoms with Crippen LogP contribution in [0.5, 0.6) is 11.5 Å². The van der Waals surface area contributed by atoms with E-state index in [0.29, 0.717) is 10.2 Å². The minimum absolute atomic E-state index is 0.0133. The van der Waals surface area contributed by atoms with Gasteiger partial charge in [0, 0.05) is 4.47 Å². The quantitative estimate of drug-likeness (QED) is 0.562. The van der Waals surface area contributed by atoms with Crippen LogP contribution in [-0.2, 0) is 4.79 Å². The van der Waals surface area contributed by atoms with Crippen LogP contribution in [0.15, 0.2) is 51.4 Å². The molecular weight excluding hydrogens is 395 g/mol. The van der Waals surface area contributed by atoms with Crippen molar-refractivity contribution in [2.24, 2.45) is 0 Å². The van der Waals surface area contributed by atoms with Gasteiger partial charge >= 0.3 is 5.97 Å². The van der Waals surface area contributed by atoms with E-state index in [-0.39, 0.29) is 12.4 Å². The van der Waals surface area contributed by atoms with Crippen LogP contribution in [0.1, 0.15) is 0 Å². The number of esters is 1. The molecule has 0 spiro atoms. The molecule has 0 N–H and O–H groups in total. The van der Waals surface area contributed by atoms with Crippen molar-refractivity contribution in [2.75, 3.05) is 6.61 Å². The summed E-state index contributed by atoms with van der Waals surface area (Å²) in [6, 6.07) is 11.0. The van der Waals surface area contributed by atoms with Crippen LogP contribution in [0.4, 0.5) is 4.39 Å². The van der Waals surface area contributed by atoms with Crippen LogP contribution in [0.2, 0.25) is 0 Å². The Morgan fingerprint density at radius 1 is 1.10 bits per heavy atom. The molecule has 2 aromatic carbocycles. The highest BCUT2D eigenvalue weighted by molar-refractivity contribution is 9.11. The molecule has 0 aliphatic carbocycles. The van der Waals surface area contributed by atoms with Crippen molar-refractivity contribution in [1.29, 1.82) is 0 Å². The maximum Gasteiger partial charge on any atom is 0.349 e. The first-order chi connectivity index (χ1) is 9.56. The van der Waals surface area contributed by atoms with Gasteiger partial charge in [-0.15, -0.1) is 0 Å². The minimum atomic E-state index is -0.615. The van der Waals surface area contributed by atoms with Crippen molar-refractivity contribution < 1.29 is 18.7 Å². The summed E-state index contributed by atoms with van der Waals surface area (Å²) in [5, 5.41) is 0. The number of carbonyl (C=O) groups is 1. The lowest BCUT2D eigenvalue weighted by molar-refractivity contribution is -0.136. The van der Waals surface area contributed by atoms with Crippen LogP contribution < -0.4 is 9.47 Å². The van der Waals surface area contributed by atoms with Gasteiger partial charge in [-0.1, -0.05) is 28.1 Å². The average Bonchev–Trinajstić information content (AvgIpc) is 2.41. The van der Waals surface area contributed by atoms with Crippen molar-refractivity contribution in [3.8, 4) is 11.5 Å². The Kier molecular flexibility index (Phi) is 5.14. The molecule has 0 saturated carbocycles. The Morgan fingerprint density at radius 2 is 1.85 bits per heavy atom. The third-order valence-corrected chi connectivity index (χ3v) is 3.41. The molecule has 6 heteroatoms. The molecule has 0 radical (unpaired) electrons. The summed E-state index contributed by atoms with van der Waals surface area (Å²) >= 11 is 6.57. The van der Waals surface area contributed by atoms with Crippen LogP contribution >= 0.6 is 31.9 Å². The second-order valence-electron chi connectivity index (χ2n) is 3.77. The number of ether oxygens (including phenoxy) is 2. The smallest absolute Gasteiger partial charge is 0.349 e. The molecule has 2 aromatic rings. The number of hydrogen-bond acceptors (Lipinski definition) is 3. The lowest BCUT2D eigenvalue weighted by atomic mass is 10.3. The molecule has 0 aliphatic rings. The van der Waals surface area contributed by atoms with Gasteiger partial charge in [0.2, 0.25) is 0 Å². The molecule has 0 aliphatic heterocycles. The summed E-state index contributed by atoms with van der Waals surface area (Å²) in [7, 11) is 0. The van der Waals surface area contributed by atoms with Crippen molar-refractivity contribution in [1.82, 2.24) is 0 Å². The van der Waals surface area contributed by atoms with Gasteiger partial charge in [0.15, 0.2) is 18.2 Å². The van der Waals surface area contributed by atoms with Crippen molar-refractivity contribution in [3.63, 3.8) is 0 Å². The van der Waals surface area contributed by atoms with E-state index in [1.54, 1.807) is 30.3 Å². The zero-order valence-corrected chi connectivity index (χ0v) is 13.3. The zero-order valence-electron chi connectivity index (χ0n) is 10.1. The fourth-order valence-electron chi connectivity index (χ4n) is 1.41. The van der Waals surface area contributed by atoms with Crippen LogP contribution in [-0.4, -0.2) is 12.6 Å². The Bertz CT molecular complexity index is 632. The molecule has 0 amide bonds.